The quantitative estimate of drug-likeness (QED) is 0.645. The van der Waals surface area contributed by atoms with Gasteiger partial charge in [0.15, 0.2) is 6.54 Å². The zero-order valence-electron chi connectivity index (χ0n) is 18.2. The van der Waals surface area contributed by atoms with Crippen molar-refractivity contribution in [2.75, 3.05) is 51.2 Å². The fraction of sp³-hybridized carbons (Fsp3) is 0.458. The van der Waals surface area contributed by atoms with E-state index in [2.05, 4.69) is 57.3 Å². The van der Waals surface area contributed by atoms with Gasteiger partial charge >= 0.3 is 0 Å². The van der Waals surface area contributed by atoms with Crippen LogP contribution in [0.3, 0.4) is 0 Å². The molecule has 0 radical (unpaired) electrons. The molecule has 3 N–H and O–H groups in total. The SMILES string of the molecule is Cc1cc(C)cc(OCC[NH+]2CC[NH+](CC(=O)Nc3cccc(C)c3C)CC2)c1. The molecule has 156 valence electrons. The summed E-state index contributed by atoms with van der Waals surface area (Å²) in [6, 6.07) is 12.4. The summed E-state index contributed by atoms with van der Waals surface area (Å²) in [5, 5.41) is 3.08. The predicted octanol–water partition coefficient (Wildman–Crippen LogP) is 0.721. The van der Waals surface area contributed by atoms with Crippen molar-refractivity contribution >= 4 is 11.6 Å². The van der Waals surface area contributed by atoms with Gasteiger partial charge < -0.3 is 19.9 Å². The Morgan fingerprint density at radius 3 is 2.31 bits per heavy atom. The van der Waals surface area contributed by atoms with Crippen LogP contribution in [0.5, 0.6) is 5.75 Å². The number of carbonyl (C=O) groups is 1. The molecule has 0 saturated carbocycles. The van der Waals surface area contributed by atoms with Crippen LogP contribution in [0.25, 0.3) is 0 Å². The molecule has 1 saturated heterocycles. The van der Waals surface area contributed by atoms with Gasteiger partial charge in [-0.1, -0.05) is 18.2 Å². The van der Waals surface area contributed by atoms with Gasteiger partial charge in [0.2, 0.25) is 0 Å². The third-order valence-corrected chi connectivity index (χ3v) is 5.87. The third-order valence-electron chi connectivity index (χ3n) is 5.87. The number of piperazine rings is 1. The highest BCUT2D eigenvalue weighted by Crippen LogP contribution is 2.17. The van der Waals surface area contributed by atoms with Gasteiger partial charge in [0, 0.05) is 5.69 Å². The molecule has 1 aliphatic rings. The Kier molecular flexibility index (Phi) is 7.29. The van der Waals surface area contributed by atoms with Gasteiger partial charge in [-0.2, -0.15) is 0 Å². The molecule has 2 aromatic carbocycles. The van der Waals surface area contributed by atoms with Crippen LogP contribution >= 0.6 is 0 Å². The van der Waals surface area contributed by atoms with Crippen LogP contribution in [-0.2, 0) is 4.79 Å². The maximum Gasteiger partial charge on any atom is 0.279 e. The number of nitrogens with one attached hydrogen (secondary N) is 3. The summed E-state index contributed by atoms with van der Waals surface area (Å²) >= 11 is 0. The molecule has 29 heavy (non-hydrogen) atoms. The van der Waals surface area contributed by atoms with Gasteiger partial charge in [0.05, 0.1) is 0 Å². The van der Waals surface area contributed by atoms with E-state index in [1.165, 1.54) is 21.6 Å². The highest BCUT2D eigenvalue weighted by molar-refractivity contribution is 5.92. The number of amides is 1. The number of quaternary nitrogens is 2. The Hall–Kier alpha value is -2.37. The molecule has 0 aliphatic carbocycles. The molecule has 1 amide bonds. The number of hydrogen-bond acceptors (Lipinski definition) is 2. The van der Waals surface area contributed by atoms with Crippen LogP contribution in [0.1, 0.15) is 22.3 Å². The van der Waals surface area contributed by atoms with E-state index in [0.29, 0.717) is 6.54 Å². The molecule has 0 spiro atoms. The van der Waals surface area contributed by atoms with Crippen molar-refractivity contribution in [3.63, 3.8) is 0 Å². The lowest BCUT2D eigenvalue weighted by Crippen LogP contribution is -3.28. The van der Waals surface area contributed by atoms with Gasteiger partial charge in [0.25, 0.3) is 5.91 Å². The minimum absolute atomic E-state index is 0.107. The summed E-state index contributed by atoms with van der Waals surface area (Å²) in [4.78, 5) is 15.4. The van der Waals surface area contributed by atoms with E-state index in [9.17, 15) is 4.79 Å². The zero-order valence-corrected chi connectivity index (χ0v) is 18.2. The maximum atomic E-state index is 12.5. The van der Waals surface area contributed by atoms with Crippen LogP contribution in [0, 0.1) is 27.7 Å². The number of ether oxygens (including phenoxy) is 1. The predicted molar refractivity (Wildman–Crippen MR) is 117 cm³/mol. The van der Waals surface area contributed by atoms with E-state index in [-0.39, 0.29) is 5.91 Å². The molecule has 1 fully saturated rings. The van der Waals surface area contributed by atoms with Crippen molar-refractivity contribution in [1.82, 2.24) is 0 Å². The summed E-state index contributed by atoms with van der Waals surface area (Å²) in [5.74, 6) is 1.07. The number of hydrogen-bond donors (Lipinski definition) is 3. The summed E-state index contributed by atoms with van der Waals surface area (Å²) in [5.41, 5.74) is 5.76. The van der Waals surface area contributed by atoms with Crippen molar-refractivity contribution in [3.05, 3.63) is 58.7 Å². The first kappa shape index (κ1) is 21.3. The average Bonchev–Trinajstić information content (AvgIpc) is 2.66. The first-order valence-electron chi connectivity index (χ1n) is 10.6. The summed E-state index contributed by atoms with van der Waals surface area (Å²) < 4.78 is 5.96. The van der Waals surface area contributed by atoms with Gasteiger partial charge in [0.1, 0.15) is 45.1 Å². The molecule has 3 rings (SSSR count). The van der Waals surface area contributed by atoms with Crippen LogP contribution in [0.15, 0.2) is 36.4 Å². The lowest BCUT2D eigenvalue weighted by Gasteiger charge is -2.29. The second-order valence-electron chi connectivity index (χ2n) is 8.39. The maximum absolute atomic E-state index is 12.5. The number of rotatable bonds is 7. The monoisotopic (exact) mass is 397 g/mol. The number of benzene rings is 2. The normalized spacial score (nSPS) is 19.0. The summed E-state index contributed by atoms with van der Waals surface area (Å²) in [6.45, 7) is 14.8. The molecule has 2 aromatic rings. The Bertz CT molecular complexity index is 822. The van der Waals surface area contributed by atoms with E-state index in [4.69, 9.17) is 4.74 Å². The standard InChI is InChI=1S/C24H33N3O2/c1-18-14-19(2)16-22(15-18)29-13-12-26-8-10-27(11-9-26)17-24(28)25-23-7-5-6-20(3)21(23)4/h5-7,14-16H,8-13,17H2,1-4H3,(H,25,28)/p+2. The summed E-state index contributed by atoms with van der Waals surface area (Å²) in [6.07, 6.45) is 0. The molecule has 0 unspecified atom stereocenters. The Morgan fingerprint density at radius 2 is 1.62 bits per heavy atom. The molecule has 1 aliphatic heterocycles. The largest absolute Gasteiger partial charge is 0.488 e. The molecule has 5 nitrogen and oxygen atoms in total. The van der Waals surface area contributed by atoms with Crippen molar-refractivity contribution in [2.45, 2.75) is 27.7 Å². The van der Waals surface area contributed by atoms with E-state index >= 15 is 0 Å². The van der Waals surface area contributed by atoms with Crippen LogP contribution < -0.4 is 19.9 Å². The first-order valence-corrected chi connectivity index (χ1v) is 10.6. The Morgan fingerprint density at radius 1 is 0.966 bits per heavy atom. The Balaban J connectivity index is 1.37. The van der Waals surface area contributed by atoms with Gasteiger partial charge in [-0.3, -0.25) is 4.79 Å². The minimum atomic E-state index is 0.107. The van der Waals surface area contributed by atoms with Crippen molar-refractivity contribution in [2.24, 2.45) is 0 Å². The number of aryl methyl sites for hydroxylation is 3. The van der Waals surface area contributed by atoms with Gasteiger partial charge in [-0.25, -0.2) is 0 Å². The lowest BCUT2D eigenvalue weighted by molar-refractivity contribution is -1.01. The minimum Gasteiger partial charge on any atom is -0.488 e. The number of anilines is 1. The highest BCUT2D eigenvalue weighted by atomic mass is 16.5. The van der Waals surface area contributed by atoms with Crippen molar-refractivity contribution in [1.29, 1.82) is 0 Å². The van der Waals surface area contributed by atoms with E-state index in [1.807, 2.05) is 12.1 Å². The topological polar surface area (TPSA) is 47.2 Å². The van der Waals surface area contributed by atoms with E-state index in [0.717, 1.165) is 56.3 Å². The van der Waals surface area contributed by atoms with E-state index in [1.54, 1.807) is 4.90 Å². The fourth-order valence-electron chi connectivity index (χ4n) is 4.02. The molecular formula is C24H35N3O2+2. The molecular weight excluding hydrogens is 362 g/mol. The molecule has 0 bridgehead atoms. The second kappa shape index (κ2) is 9.90. The molecule has 5 heteroatoms. The molecule has 1 heterocycles. The molecule has 0 aromatic heterocycles. The smallest absolute Gasteiger partial charge is 0.279 e. The second-order valence-corrected chi connectivity index (χ2v) is 8.39. The third kappa shape index (κ3) is 6.31. The average molecular weight is 398 g/mol. The first-order chi connectivity index (χ1) is 13.9. The van der Waals surface area contributed by atoms with Crippen molar-refractivity contribution in [3.8, 4) is 5.75 Å². The fourth-order valence-corrected chi connectivity index (χ4v) is 4.02. The summed E-state index contributed by atoms with van der Waals surface area (Å²) in [7, 11) is 0. The van der Waals surface area contributed by atoms with Crippen LogP contribution in [0.2, 0.25) is 0 Å². The zero-order chi connectivity index (χ0) is 20.8. The van der Waals surface area contributed by atoms with Gasteiger partial charge in [-0.05, 0) is 68.1 Å². The van der Waals surface area contributed by atoms with Crippen LogP contribution in [0.4, 0.5) is 5.69 Å². The van der Waals surface area contributed by atoms with Gasteiger partial charge in [-0.15, -0.1) is 0 Å². The number of carbonyl (C=O) groups excluding carboxylic acids is 1. The van der Waals surface area contributed by atoms with E-state index < -0.39 is 0 Å². The Labute approximate surface area is 174 Å². The van der Waals surface area contributed by atoms with Crippen LogP contribution in [-0.4, -0.2) is 51.8 Å². The highest BCUT2D eigenvalue weighted by Gasteiger charge is 2.24. The molecule has 0 atom stereocenters. The lowest BCUT2D eigenvalue weighted by atomic mass is 10.1. The van der Waals surface area contributed by atoms with Crippen molar-refractivity contribution < 1.29 is 19.3 Å².